The predicted molar refractivity (Wildman–Crippen MR) is 68.4 cm³/mol. The standard InChI is InChI=1S/C13H18N2O4/c1-9(2)7-11(12(16)17)15-13(18)19-8-10-3-5-14-6-4-10/h3-6,9,11H,7-8H2,1-2H3,(H,15,18)(H,16,17)/t11-/m0/s1. The van der Waals surface area contributed by atoms with E-state index >= 15 is 0 Å². The monoisotopic (exact) mass is 266 g/mol. The van der Waals surface area contributed by atoms with Gasteiger partial charge < -0.3 is 15.2 Å². The number of ether oxygens (including phenoxy) is 1. The Hall–Kier alpha value is -2.11. The number of pyridine rings is 1. The van der Waals surface area contributed by atoms with E-state index in [0.717, 1.165) is 5.56 Å². The Morgan fingerprint density at radius 1 is 1.37 bits per heavy atom. The first kappa shape index (κ1) is 14.9. The number of carbonyl (C=O) groups is 2. The molecule has 1 rings (SSSR count). The summed E-state index contributed by atoms with van der Waals surface area (Å²) in [6.45, 7) is 3.86. The van der Waals surface area contributed by atoms with Crippen molar-refractivity contribution in [2.45, 2.75) is 32.9 Å². The van der Waals surface area contributed by atoms with Gasteiger partial charge in [-0.2, -0.15) is 0 Å². The van der Waals surface area contributed by atoms with Crippen molar-refractivity contribution in [1.29, 1.82) is 0 Å². The molecule has 0 saturated heterocycles. The van der Waals surface area contributed by atoms with E-state index in [1.54, 1.807) is 24.5 Å². The summed E-state index contributed by atoms with van der Waals surface area (Å²) in [6, 6.07) is 2.51. The van der Waals surface area contributed by atoms with Crippen LogP contribution in [0, 0.1) is 5.92 Å². The van der Waals surface area contributed by atoms with Crippen LogP contribution in [0.3, 0.4) is 0 Å². The quantitative estimate of drug-likeness (QED) is 0.819. The number of aliphatic carboxylic acids is 1. The summed E-state index contributed by atoms with van der Waals surface area (Å²) in [6.07, 6.45) is 2.81. The average Bonchev–Trinajstić information content (AvgIpc) is 2.36. The topological polar surface area (TPSA) is 88.5 Å². The van der Waals surface area contributed by atoms with Crippen LogP contribution in [0.1, 0.15) is 25.8 Å². The van der Waals surface area contributed by atoms with Gasteiger partial charge in [0.1, 0.15) is 12.6 Å². The van der Waals surface area contributed by atoms with Crippen LogP contribution >= 0.6 is 0 Å². The summed E-state index contributed by atoms with van der Waals surface area (Å²) in [5.74, 6) is -0.892. The minimum Gasteiger partial charge on any atom is -0.480 e. The van der Waals surface area contributed by atoms with Gasteiger partial charge >= 0.3 is 12.1 Å². The molecule has 2 N–H and O–H groups in total. The highest BCUT2D eigenvalue weighted by Gasteiger charge is 2.21. The predicted octanol–water partition coefficient (Wildman–Crippen LogP) is 1.81. The van der Waals surface area contributed by atoms with Crippen molar-refractivity contribution in [3.63, 3.8) is 0 Å². The number of carboxylic acid groups (broad SMARTS) is 1. The zero-order chi connectivity index (χ0) is 14.3. The minimum absolute atomic E-state index is 0.0857. The second kappa shape index (κ2) is 7.35. The molecule has 104 valence electrons. The SMILES string of the molecule is CC(C)C[C@H](NC(=O)OCc1ccncc1)C(=O)O. The number of carboxylic acids is 1. The smallest absolute Gasteiger partial charge is 0.408 e. The molecule has 0 saturated carbocycles. The van der Waals surface area contributed by atoms with Crippen LogP contribution in [-0.2, 0) is 16.1 Å². The van der Waals surface area contributed by atoms with E-state index in [2.05, 4.69) is 10.3 Å². The Kier molecular flexibility index (Phi) is 5.78. The number of hydrogen-bond donors (Lipinski definition) is 2. The van der Waals surface area contributed by atoms with Crippen molar-refractivity contribution in [2.75, 3.05) is 0 Å². The number of rotatable bonds is 6. The van der Waals surface area contributed by atoms with Gasteiger partial charge in [0.15, 0.2) is 0 Å². The van der Waals surface area contributed by atoms with Gasteiger partial charge in [-0.1, -0.05) is 13.8 Å². The van der Waals surface area contributed by atoms with Gasteiger partial charge in [0.25, 0.3) is 0 Å². The lowest BCUT2D eigenvalue weighted by molar-refractivity contribution is -0.139. The third kappa shape index (κ3) is 5.85. The van der Waals surface area contributed by atoms with Gasteiger partial charge in [-0.25, -0.2) is 9.59 Å². The maximum atomic E-state index is 11.5. The molecule has 0 aliphatic heterocycles. The molecular weight excluding hydrogens is 248 g/mol. The van der Waals surface area contributed by atoms with Gasteiger partial charge in [-0.05, 0) is 30.0 Å². The summed E-state index contributed by atoms with van der Waals surface area (Å²) >= 11 is 0. The maximum absolute atomic E-state index is 11.5. The summed E-state index contributed by atoms with van der Waals surface area (Å²) in [5.41, 5.74) is 0.792. The van der Waals surface area contributed by atoms with Crippen LogP contribution in [0.15, 0.2) is 24.5 Å². The first-order valence-electron chi connectivity index (χ1n) is 6.04. The third-order valence-corrected chi connectivity index (χ3v) is 2.42. The molecule has 0 aliphatic rings. The van der Waals surface area contributed by atoms with Crippen LogP contribution in [0.5, 0.6) is 0 Å². The number of nitrogens with zero attached hydrogens (tertiary/aromatic N) is 1. The molecule has 6 nitrogen and oxygen atoms in total. The van der Waals surface area contributed by atoms with E-state index in [9.17, 15) is 9.59 Å². The number of alkyl carbamates (subject to hydrolysis) is 1. The molecule has 1 aromatic heterocycles. The number of aromatic nitrogens is 1. The molecule has 0 aliphatic carbocycles. The van der Waals surface area contributed by atoms with Gasteiger partial charge in [0, 0.05) is 12.4 Å². The van der Waals surface area contributed by atoms with Crippen LogP contribution in [-0.4, -0.2) is 28.2 Å². The van der Waals surface area contributed by atoms with Gasteiger partial charge in [0.05, 0.1) is 0 Å². The highest BCUT2D eigenvalue weighted by Crippen LogP contribution is 2.06. The maximum Gasteiger partial charge on any atom is 0.408 e. The average molecular weight is 266 g/mol. The van der Waals surface area contributed by atoms with Gasteiger partial charge in [-0.15, -0.1) is 0 Å². The Balaban J connectivity index is 2.42. The van der Waals surface area contributed by atoms with Crippen LogP contribution in [0.25, 0.3) is 0 Å². The van der Waals surface area contributed by atoms with E-state index in [-0.39, 0.29) is 12.5 Å². The van der Waals surface area contributed by atoms with Crippen molar-refractivity contribution in [2.24, 2.45) is 5.92 Å². The molecule has 0 bridgehead atoms. The van der Waals surface area contributed by atoms with Crippen LogP contribution in [0.2, 0.25) is 0 Å². The highest BCUT2D eigenvalue weighted by molar-refractivity contribution is 5.79. The van der Waals surface area contributed by atoms with E-state index in [4.69, 9.17) is 9.84 Å². The molecular formula is C13H18N2O4. The normalized spacial score (nSPS) is 11.9. The third-order valence-electron chi connectivity index (χ3n) is 2.42. The molecule has 0 unspecified atom stereocenters. The molecule has 0 spiro atoms. The number of hydrogen-bond acceptors (Lipinski definition) is 4. The largest absolute Gasteiger partial charge is 0.480 e. The second-order valence-electron chi connectivity index (χ2n) is 4.60. The van der Waals surface area contributed by atoms with Crippen molar-refractivity contribution in [3.05, 3.63) is 30.1 Å². The van der Waals surface area contributed by atoms with Gasteiger partial charge in [0.2, 0.25) is 0 Å². The highest BCUT2D eigenvalue weighted by atomic mass is 16.5. The Bertz CT molecular complexity index is 420. The molecule has 0 aromatic carbocycles. The first-order valence-corrected chi connectivity index (χ1v) is 6.04. The van der Waals surface area contributed by atoms with Crippen molar-refractivity contribution in [3.8, 4) is 0 Å². The fraction of sp³-hybridized carbons (Fsp3) is 0.462. The summed E-state index contributed by atoms with van der Waals surface area (Å²) < 4.78 is 4.95. The summed E-state index contributed by atoms with van der Waals surface area (Å²) in [4.78, 5) is 26.3. The summed E-state index contributed by atoms with van der Waals surface area (Å²) in [5, 5.41) is 11.3. The molecule has 1 aromatic rings. The van der Waals surface area contributed by atoms with E-state index < -0.39 is 18.1 Å². The Morgan fingerprint density at radius 2 is 2.00 bits per heavy atom. The lowest BCUT2D eigenvalue weighted by atomic mass is 10.0. The molecule has 6 heteroatoms. The van der Waals surface area contributed by atoms with Crippen molar-refractivity contribution in [1.82, 2.24) is 10.3 Å². The molecule has 0 fully saturated rings. The van der Waals surface area contributed by atoms with Crippen LogP contribution < -0.4 is 5.32 Å². The fourth-order valence-electron chi connectivity index (χ4n) is 1.50. The molecule has 0 radical (unpaired) electrons. The van der Waals surface area contributed by atoms with Crippen LogP contribution in [0.4, 0.5) is 4.79 Å². The zero-order valence-electron chi connectivity index (χ0n) is 11.0. The van der Waals surface area contributed by atoms with Crippen molar-refractivity contribution >= 4 is 12.1 Å². The first-order chi connectivity index (χ1) is 8.99. The molecule has 1 atom stereocenters. The van der Waals surface area contributed by atoms with Gasteiger partial charge in [-0.3, -0.25) is 4.98 Å². The molecule has 19 heavy (non-hydrogen) atoms. The molecule has 1 heterocycles. The van der Waals surface area contributed by atoms with Crippen molar-refractivity contribution < 1.29 is 19.4 Å². The molecule has 1 amide bonds. The Labute approximate surface area is 111 Å². The summed E-state index contributed by atoms with van der Waals surface area (Å²) in [7, 11) is 0. The van der Waals surface area contributed by atoms with E-state index in [1.807, 2.05) is 13.8 Å². The van der Waals surface area contributed by atoms with E-state index in [0.29, 0.717) is 6.42 Å². The fourth-order valence-corrected chi connectivity index (χ4v) is 1.50. The lowest BCUT2D eigenvalue weighted by Gasteiger charge is -2.16. The lowest BCUT2D eigenvalue weighted by Crippen LogP contribution is -2.41. The number of amides is 1. The number of nitrogens with one attached hydrogen (secondary N) is 1. The minimum atomic E-state index is -1.06. The zero-order valence-corrected chi connectivity index (χ0v) is 11.0. The Morgan fingerprint density at radius 3 is 2.53 bits per heavy atom. The van der Waals surface area contributed by atoms with E-state index in [1.165, 1.54) is 0 Å². The number of carbonyl (C=O) groups excluding carboxylic acids is 1. The second-order valence-corrected chi connectivity index (χ2v) is 4.60.